The highest BCUT2D eigenvalue weighted by Gasteiger charge is 2.35. The van der Waals surface area contributed by atoms with Crippen LogP contribution in [0.3, 0.4) is 0 Å². The number of ether oxygens (including phenoxy) is 1. The summed E-state index contributed by atoms with van der Waals surface area (Å²) in [6.45, 7) is 1.65. The van der Waals surface area contributed by atoms with E-state index in [0.717, 1.165) is 4.90 Å². The number of methoxy groups -OCH3 is 1. The van der Waals surface area contributed by atoms with Gasteiger partial charge in [0, 0.05) is 11.6 Å². The van der Waals surface area contributed by atoms with Crippen LogP contribution in [0.15, 0.2) is 53.7 Å². The van der Waals surface area contributed by atoms with Gasteiger partial charge in [-0.05, 0) is 59.2 Å². The lowest BCUT2D eigenvalue weighted by Crippen LogP contribution is -2.53. The monoisotopic (exact) mass is 569 g/mol. The van der Waals surface area contributed by atoms with E-state index in [9.17, 15) is 14.4 Å². The summed E-state index contributed by atoms with van der Waals surface area (Å²) >= 11 is 6.20. The number of aromatic nitrogens is 4. The molecule has 1 saturated heterocycles. The van der Waals surface area contributed by atoms with Gasteiger partial charge in [-0.25, -0.2) is 9.89 Å². The van der Waals surface area contributed by atoms with Crippen LogP contribution in [0.5, 0.6) is 11.5 Å². The first-order chi connectivity index (χ1) is 19.4. The van der Waals surface area contributed by atoms with Gasteiger partial charge < -0.3 is 20.2 Å². The van der Waals surface area contributed by atoms with Crippen LogP contribution in [0, 0.1) is 5.92 Å². The van der Waals surface area contributed by atoms with E-state index in [1.807, 2.05) is 6.07 Å². The van der Waals surface area contributed by atoms with Gasteiger partial charge in [0.25, 0.3) is 0 Å². The smallest absolute Gasteiger partial charge is 0.325 e. The van der Waals surface area contributed by atoms with Crippen LogP contribution in [0.1, 0.15) is 18.9 Å². The Kier molecular flexibility index (Phi) is 9.46. The molecule has 14 nitrogen and oxygen atoms in total. The highest BCUT2D eigenvalue weighted by Crippen LogP contribution is 2.26. The van der Waals surface area contributed by atoms with Crippen LogP contribution in [0.2, 0.25) is 5.02 Å². The molecule has 40 heavy (non-hydrogen) atoms. The molecule has 0 radical (unpaired) electrons. The Morgan fingerprint density at radius 1 is 1.25 bits per heavy atom. The zero-order valence-electron chi connectivity index (χ0n) is 21.8. The van der Waals surface area contributed by atoms with Crippen LogP contribution < -0.4 is 25.5 Å². The fraction of sp³-hybridized carbons (Fsp3) is 0.320. The van der Waals surface area contributed by atoms with E-state index < -0.39 is 29.8 Å². The molecule has 0 bridgehead atoms. The van der Waals surface area contributed by atoms with E-state index in [1.54, 1.807) is 49.4 Å². The number of anilines is 1. The molecule has 0 aliphatic carbocycles. The van der Waals surface area contributed by atoms with Crippen molar-refractivity contribution in [1.82, 2.24) is 36.2 Å². The van der Waals surface area contributed by atoms with Gasteiger partial charge in [0.15, 0.2) is 11.6 Å². The van der Waals surface area contributed by atoms with E-state index in [4.69, 9.17) is 21.2 Å². The number of tetrazole rings is 1. The predicted molar refractivity (Wildman–Crippen MR) is 145 cm³/mol. The van der Waals surface area contributed by atoms with Crippen molar-refractivity contribution in [3.8, 4) is 11.5 Å². The van der Waals surface area contributed by atoms with Crippen LogP contribution in [-0.2, 0) is 16.0 Å². The van der Waals surface area contributed by atoms with Crippen LogP contribution in [0.4, 0.5) is 10.7 Å². The van der Waals surface area contributed by atoms with Gasteiger partial charge in [0.1, 0.15) is 11.8 Å². The molecule has 1 unspecified atom stereocenters. The number of nitrogens with zero attached hydrogens (tertiary/aromatic N) is 5. The number of hydrogen-bond acceptors (Lipinski definition) is 9. The number of H-pyrrole nitrogens is 1. The number of hydrogen-bond donors (Lipinski definition) is 4. The number of benzene rings is 2. The molecule has 4 N–H and O–H groups in total. The van der Waals surface area contributed by atoms with E-state index in [1.165, 1.54) is 7.11 Å². The molecule has 1 aliphatic rings. The maximum absolute atomic E-state index is 13.7. The highest BCUT2D eigenvalue weighted by atomic mass is 35.5. The highest BCUT2D eigenvalue weighted by molar-refractivity contribution is 6.30. The molecule has 1 aliphatic heterocycles. The van der Waals surface area contributed by atoms with Gasteiger partial charge in [-0.15, -0.1) is 0 Å². The molecule has 0 saturated carbocycles. The lowest BCUT2D eigenvalue weighted by molar-refractivity contribution is -0.131. The number of para-hydroxylation sites is 1. The normalized spacial score (nSPS) is 17.0. The summed E-state index contributed by atoms with van der Waals surface area (Å²) in [7, 11) is 1.52. The van der Waals surface area contributed by atoms with Gasteiger partial charge in [0.05, 0.1) is 19.6 Å². The zero-order valence-corrected chi connectivity index (χ0v) is 22.5. The average molecular weight is 570 g/mol. The Balaban J connectivity index is 1.56. The second kappa shape index (κ2) is 13.4. The molecule has 4 amide bonds. The van der Waals surface area contributed by atoms with Crippen molar-refractivity contribution in [1.29, 1.82) is 0 Å². The number of amides is 4. The van der Waals surface area contributed by atoms with Crippen molar-refractivity contribution in [3.05, 3.63) is 59.1 Å². The van der Waals surface area contributed by atoms with Crippen molar-refractivity contribution in [3.63, 3.8) is 0 Å². The number of rotatable bonds is 9. The summed E-state index contributed by atoms with van der Waals surface area (Å²) in [5.41, 5.74) is 0.697. The third-order valence-corrected chi connectivity index (χ3v) is 6.28. The maximum atomic E-state index is 13.7. The summed E-state index contributed by atoms with van der Waals surface area (Å²) in [6.07, 6.45) is 0.461. The lowest BCUT2D eigenvalue weighted by atomic mass is 9.97. The minimum Gasteiger partial charge on any atom is -0.496 e. The predicted octanol–water partition coefficient (Wildman–Crippen LogP) is 1.97. The summed E-state index contributed by atoms with van der Waals surface area (Å²) in [5, 5.41) is 25.7. The number of aromatic amines is 1. The molecule has 2 atom stereocenters. The Labute approximate surface area is 234 Å². The first-order valence-electron chi connectivity index (χ1n) is 12.4. The number of urea groups is 1. The largest absolute Gasteiger partial charge is 0.496 e. The van der Waals surface area contributed by atoms with Gasteiger partial charge in [-0.3, -0.25) is 19.8 Å². The molecule has 15 heteroatoms. The van der Waals surface area contributed by atoms with E-state index in [2.05, 4.69) is 41.7 Å². The standard InChI is InChI=1S/C25H28ClN9O5/c1-3-19(22(36)29-24-30-33-34-31-24)28-25(38)35-14-21(32-40-18-7-5-4-6-8-18)27-13-16(23(35)37)11-15-12-17(26)9-10-20(15)39-2/h4-10,12,16,19H,3,11,13-14H2,1-2H3,(H,27,32)(H,28,38)(H2,29,30,31,33,34,36)/t16-,19?/m1/s1. The van der Waals surface area contributed by atoms with Gasteiger partial charge >= 0.3 is 6.03 Å². The lowest BCUT2D eigenvalue weighted by Gasteiger charge is -2.25. The van der Waals surface area contributed by atoms with E-state index in [0.29, 0.717) is 22.1 Å². The second-order valence-corrected chi connectivity index (χ2v) is 9.19. The van der Waals surface area contributed by atoms with Crippen LogP contribution >= 0.6 is 11.6 Å². The minimum atomic E-state index is -0.978. The van der Waals surface area contributed by atoms with E-state index >= 15 is 0 Å². The summed E-state index contributed by atoms with van der Waals surface area (Å²) < 4.78 is 5.44. The maximum Gasteiger partial charge on any atom is 0.325 e. The number of carbonyl (C=O) groups is 3. The molecular weight excluding hydrogens is 542 g/mol. The number of halogens is 1. The molecule has 0 spiro atoms. The molecule has 2 aromatic carbocycles. The number of amidine groups is 1. The molecule has 3 aromatic rings. The molecule has 4 rings (SSSR count). The Bertz CT molecular complexity index is 1350. The van der Waals surface area contributed by atoms with Crippen molar-refractivity contribution in [2.24, 2.45) is 11.1 Å². The van der Waals surface area contributed by atoms with Crippen molar-refractivity contribution in [2.75, 3.05) is 25.5 Å². The Hall–Kier alpha value is -4.72. The summed E-state index contributed by atoms with van der Waals surface area (Å²) in [6, 6.07) is 12.2. The third-order valence-electron chi connectivity index (χ3n) is 6.04. The summed E-state index contributed by atoms with van der Waals surface area (Å²) in [5.74, 6) is -0.426. The molecule has 210 valence electrons. The Morgan fingerprint density at radius 3 is 2.75 bits per heavy atom. The number of imide groups is 1. The summed E-state index contributed by atoms with van der Waals surface area (Å²) in [4.78, 5) is 46.4. The number of oxime groups is 1. The topological polar surface area (TPSA) is 176 Å². The first kappa shape index (κ1) is 28.3. The van der Waals surface area contributed by atoms with Crippen molar-refractivity contribution >= 4 is 41.2 Å². The van der Waals surface area contributed by atoms with E-state index in [-0.39, 0.29) is 37.7 Å². The second-order valence-electron chi connectivity index (χ2n) is 8.75. The number of carbonyl (C=O) groups excluding carboxylic acids is 3. The fourth-order valence-corrected chi connectivity index (χ4v) is 4.18. The van der Waals surface area contributed by atoms with Gasteiger partial charge in [-0.1, -0.05) is 47.0 Å². The van der Waals surface area contributed by atoms with Crippen molar-refractivity contribution in [2.45, 2.75) is 25.8 Å². The molecule has 2 heterocycles. The molecule has 1 fully saturated rings. The van der Waals surface area contributed by atoms with Crippen LogP contribution in [0.25, 0.3) is 0 Å². The van der Waals surface area contributed by atoms with Crippen molar-refractivity contribution < 1.29 is 24.0 Å². The minimum absolute atomic E-state index is 0.0239. The van der Waals surface area contributed by atoms with Gasteiger partial charge in [-0.2, -0.15) is 0 Å². The fourth-order valence-electron chi connectivity index (χ4n) is 3.98. The first-order valence-corrected chi connectivity index (χ1v) is 12.8. The SMILES string of the molecule is CCC(NC(=O)N1C/C(=N/Oc2ccccc2)NC[C@@H](Cc2cc(Cl)ccc2OC)C1=O)C(=O)Nc1nnn[nH]1. The van der Waals surface area contributed by atoms with Crippen LogP contribution in [-0.4, -0.2) is 75.4 Å². The zero-order chi connectivity index (χ0) is 28.5. The quantitative estimate of drug-likeness (QED) is 0.281. The van der Waals surface area contributed by atoms with Gasteiger partial charge in [0.2, 0.25) is 17.8 Å². The number of nitrogens with one attached hydrogen (secondary N) is 4. The third kappa shape index (κ3) is 7.22. The molecular formula is C25H28ClN9O5. The Morgan fingerprint density at radius 2 is 2.05 bits per heavy atom. The molecule has 1 aromatic heterocycles. The average Bonchev–Trinajstić information content (AvgIpc) is 3.42.